The number of ketones is 1. The van der Waals surface area contributed by atoms with Crippen molar-refractivity contribution in [3.8, 4) is 5.75 Å². The summed E-state index contributed by atoms with van der Waals surface area (Å²) < 4.78 is 7.81. The maximum atomic E-state index is 12.5. The Labute approximate surface area is 178 Å². The maximum Gasteiger partial charge on any atom is 0.200 e. The van der Waals surface area contributed by atoms with Crippen molar-refractivity contribution in [3.63, 3.8) is 0 Å². The van der Waals surface area contributed by atoms with E-state index < -0.39 is 0 Å². The quantitative estimate of drug-likeness (QED) is 0.356. The SMILES string of the molecule is O=C1/C(=C/c2ccc(OCc3ccc(Br)cc3)c(Br)c2)Sc2ccccc21. The fourth-order valence-corrected chi connectivity index (χ4v) is 4.58. The first-order chi connectivity index (χ1) is 13.1. The molecule has 1 aliphatic rings. The molecule has 0 aliphatic carbocycles. The Kier molecular flexibility index (Phi) is 5.53. The van der Waals surface area contributed by atoms with Gasteiger partial charge in [0, 0.05) is 14.9 Å². The number of allylic oxidation sites excluding steroid dienone is 1. The van der Waals surface area contributed by atoms with E-state index in [1.165, 1.54) is 11.8 Å². The second-order valence-electron chi connectivity index (χ2n) is 6.04. The Morgan fingerprint density at radius 1 is 0.963 bits per heavy atom. The van der Waals surface area contributed by atoms with Gasteiger partial charge in [-0.3, -0.25) is 4.79 Å². The van der Waals surface area contributed by atoms with E-state index in [0.717, 1.165) is 41.2 Å². The summed E-state index contributed by atoms with van der Waals surface area (Å²) in [5.41, 5.74) is 2.84. The minimum atomic E-state index is 0.0855. The van der Waals surface area contributed by atoms with Gasteiger partial charge in [0.15, 0.2) is 0 Å². The lowest BCUT2D eigenvalue weighted by Gasteiger charge is -2.09. The van der Waals surface area contributed by atoms with E-state index >= 15 is 0 Å². The van der Waals surface area contributed by atoms with Crippen LogP contribution in [0, 0.1) is 0 Å². The maximum absolute atomic E-state index is 12.5. The van der Waals surface area contributed by atoms with Crippen molar-refractivity contribution < 1.29 is 9.53 Å². The number of carbonyl (C=O) groups is 1. The molecule has 0 saturated carbocycles. The van der Waals surface area contributed by atoms with Crippen molar-refractivity contribution >= 4 is 55.5 Å². The van der Waals surface area contributed by atoms with E-state index in [4.69, 9.17) is 4.74 Å². The third-order valence-corrected chi connectivity index (χ3v) is 6.38. The molecular weight excluding hydrogens is 488 g/mol. The van der Waals surface area contributed by atoms with E-state index in [9.17, 15) is 4.79 Å². The molecule has 1 heterocycles. The molecule has 27 heavy (non-hydrogen) atoms. The molecule has 0 saturated heterocycles. The van der Waals surface area contributed by atoms with E-state index in [1.54, 1.807) is 0 Å². The number of hydrogen-bond acceptors (Lipinski definition) is 3. The summed E-state index contributed by atoms with van der Waals surface area (Å²) in [4.78, 5) is 14.3. The van der Waals surface area contributed by atoms with Crippen LogP contribution in [0.2, 0.25) is 0 Å². The summed E-state index contributed by atoms with van der Waals surface area (Å²) in [5.74, 6) is 0.857. The average Bonchev–Trinajstić information content (AvgIpc) is 2.98. The van der Waals surface area contributed by atoms with Crippen LogP contribution >= 0.6 is 43.6 Å². The predicted octanol–water partition coefficient (Wildman–Crippen LogP) is 7.12. The zero-order valence-electron chi connectivity index (χ0n) is 14.1. The van der Waals surface area contributed by atoms with E-state index in [0.29, 0.717) is 6.61 Å². The molecule has 0 aromatic heterocycles. The molecule has 2 nitrogen and oxygen atoms in total. The van der Waals surface area contributed by atoms with Crippen LogP contribution in [0.15, 0.2) is 85.5 Å². The smallest absolute Gasteiger partial charge is 0.200 e. The van der Waals surface area contributed by atoms with Crippen molar-refractivity contribution in [2.75, 3.05) is 0 Å². The molecule has 0 N–H and O–H groups in total. The van der Waals surface area contributed by atoms with Crippen LogP contribution < -0.4 is 4.74 Å². The van der Waals surface area contributed by atoms with Crippen molar-refractivity contribution in [1.82, 2.24) is 0 Å². The van der Waals surface area contributed by atoms with Crippen LogP contribution in [0.5, 0.6) is 5.75 Å². The fourth-order valence-electron chi connectivity index (χ4n) is 2.75. The number of Topliss-reactive ketones (excluding diaryl/α,β-unsaturated/α-hetero) is 1. The summed E-state index contributed by atoms with van der Waals surface area (Å²) in [6.45, 7) is 0.496. The van der Waals surface area contributed by atoms with Crippen molar-refractivity contribution in [3.05, 3.63) is 97.3 Å². The van der Waals surface area contributed by atoms with Crippen molar-refractivity contribution in [2.45, 2.75) is 11.5 Å². The first-order valence-electron chi connectivity index (χ1n) is 8.30. The lowest BCUT2D eigenvalue weighted by atomic mass is 10.1. The monoisotopic (exact) mass is 500 g/mol. The zero-order chi connectivity index (χ0) is 18.8. The van der Waals surface area contributed by atoms with Crippen molar-refractivity contribution in [1.29, 1.82) is 0 Å². The molecule has 0 amide bonds. The fraction of sp³-hybridized carbons (Fsp3) is 0.0455. The molecule has 0 radical (unpaired) electrons. The lowest BCUT2D eigenvalue weighted by Crippen LogP contribution is -1.96. The average molecular weight is 502 g/mol. The first-order valence-corrected chi connectivity index (χ1v) is 10.7. The van der Waals surface area contributed by atoms with Gasteiger partial charge in [-0.15, -0.1) is 0 Å². The number of carbonyl (C=O) groups excluding carboxylic acids is 1. The summed E-state index contributed by atoms with van der Waals surface area (Å²) in [6, 6.07) is 21.6. The topological polar surface area (TPSA) is 26.3 Å². The van der Waals surface area contributed by atoms with Gasteiger partial charge in [0.1, 0.15) is 12.4 Å². The van der Waals surface area contributed by atoms with Gasteiger partial charge >= 0.3 is 0 Å². The van der Waals surface area contributed by atoms with Gasteiger partial charge in [-0.1, -0.05) is 58.0 Å². The van der Waals surface area contributed by atoms with Gasteiger partial charge in [-0.25, -0.2) is 0 Å². The van der Waals surface area contributed by atoms with E-state index in [1.807, 2.05) is 72.8 Å². The van der Waals surface area contributed by atoms with E-state index in [-0.39, 0.29) is 5.78 Å². The van der Waals surface area contributed by atoms with Gasteiger partial charge in [0.25, 0.3) is 0 Å². The predicted molar refractivity (Wildman–Crippen MR) is 117 cm³/mol. The zero-order valence-corrected chi connectivity index (χ0v) is 18.1. The number of hydrogen-bond donors (Lipinski definition) is 0. The number of rotatable bonds is 4. The Balaban J connectivity index is 1.49. The summed E-state index contributed by atoms with van der Waals surface area (Å²) in [6.07, 6.45) is 1.93. The third-order valence-electron chi connectivity index (χ3n) is 4.14. The van der Waals surface area contributed by atoms with Gasteiger partial charge in [-0.05, 0) is 69.5 Å². The van der Waals surface area contributed by atoms with Gasteiger partial charge in [-0.2, -0.15) is 0 Å². The summed E-state index contributed by atoms with van der Waals surface area (Å²) in [7, 11) is 0. The van der Waals surface area contributed by atoms with Crippen LogP contribution in [0.1, 0.15) is 21.5 Å². The second kappa shape index (κ2) is 8.05. The van der Waals surface area contributed by atoms with Gasteiger partial charge < -0.3 is 4.74 Å². The minimum Gasteiger partial charge on any atom is -0.488 e. The highest BCUT2D eigenvalue weighted by molar-refractivity contribution is 9.10. The Morgan fingerprint density at radius 2 is 1.74 bits per heavy atom. The minimum absolute atomic E-state index is 0.0855. The Bertz CT molecular complexity index is 1040. The number of thioether (sulfide) groups is 1. The molecule has 1 aliphatic heterocycles. The molecule has 0 spiro atoms. The van der Waals surface area contributed by atoms with Crippen LogP contribution in [-0.4, -0.2) is 5.78 Å². The van der Waals surface area contributed by atoms with Gasteiger partial charge in [0.05, 0.1) is 9.38 Å². The summed E-state index contributed by atoms with van der Waals surface area (Å²) in [5, 5.41) is 0. The van der Waals surface area contributed by atoms with Crippen LogP contribution in [0.4, 0.5) is 0 Å². The Hall–Kier alpha value is -1.82. The second-order valence-corrected chi connectivity index (χ2v) is 8.89. The normalized spacial score (nSPS) is 14.4. The largest absolute Gasteiger partial charge is 0.488 e. The molecule has 3 aromatic carbocycles. The third kappa shape index (κ3) is 4.21. The molecule has 0 bridgehead atoms. The number of halogens is 2. The van der Waals surface area contributed by atoms with Crippen LogP contribution in [0.3, 0.4) is 0 Å². The molecule has 0 unspecified atom stereocenters. The highest BCUT2D eigenvalue weighted by Crippen LogP contribution is 2.41. The van der Waals surface area contributed by atoms with E-state index in [2.05, 4.69) is 31.9 Å². The molecule has 3 aromatic rings. The summed E-state index contributed by atoms with van der Waals surface area (Å²) >= 11 is 8.52. The van der Waals surface area contributed by atoms with Crippen LogP contribution in [0.25, 0.3) is 6.08 Å². The molecule has 4 rings (SSSR count). The standard InChI is InChI=1S/C22H14Br2O2S/c23-16-8-5-14(6-9-16)13-26-19-10-7-15(11-18(19)24)12-21-22(25)17-3-1-2-4-20(17)27-21/h1-12H,13H2/b21-12-. The first kappa shape index (κ1) is 18.5. The van der Waals surface area contributed by atoms with Crippen LogP contribution in [-0.2, 0) is 6.61 Å². The van der Waals surface area contributed by atoms with Gasteiger partial charge in [0.2, 0.25) is 5.78 Å². The Morgan fingerprint density at radius 3 is 2.48 bits per heavy atom. The lowest BCUT2D eigenvalue weighted by molar-refractivity contribution is 0.104. The molecule has 0 fully saturated rings. The molecular formula is C22H14Br2O2S. The highest BCUT2D eigenvalue weighted by atomic mass is 79.9. The number of benzene rings is 3. The number of ether oxygens (including phenoxy) is 1. The number of fused-ring (bicyclic) bond motifs is 1. The highest BCUT2D eigenvalue weighted by Gasteiger charge is 2.25. The van der Waals surface area contributed by atoms with Crippen molar-refractivity contribution in [2.24, 2.45) is 0 Å². The molecule has 5 heteroatoms. The molecule has 134 valence electrons. The molecule has 0 atom stereocenters.